The number of likely N-dealkylation sites (N-methyl/N-ethyl adjacent to an activating group) is 2. The smallest absolute Gasteiger partial charge is 0.276 e. The number of amides is 2. The number of aromatic hydroxyl groups is 1. The van der Waals surface area contributed by atoms with E-state index in [1.807, 2.05) is 0 Å². The second-order valence-electron chi connectivity index (χ2n) is 3.82. The Hall–Kier alpha value is -2.11. The second kappa shape index (κ2) is 5.29. The summed E-state index contributed by atoms with van der Waals surface area (Å²) < 4.78 is 0. The van der Waals surface area contributed by atoms with Gasteiger partial charge in [-0.15, -0.1) is 0 Å². The standard InChI is InChI=1S/C11H15N3O3/c1-13(2)9(16)7-14(3)11(17)10-8(15)5-4-6-12-10/h4-6,15H,7H2,1-3H3. The molecule has 0 saturated heterocycles. The van der Waals surface area contributed by atoms with Crippen LogP contribution in [0.4, 0.5) is 0 Å². The lowest BCUT2D eigenvalue weighted by Crippen LogP contribution is -2.38. The molecule has 0 fully saturated rings. The van der Waals surface area contributed by atoms with Crippen LogP contribution in [-0.2, 0) is 4.79 Å². The first-order valence-corrected chi connectivity index (χ1v) is 5.03. The molecule has 0 atom stereocenters. The van der Waals surface area contributed by atoms with Crippen molar-refractivity contribution in [1.29, 1.82) is 0 Å². The predicted molar refractivity (Wildman–Crippen MR) is 61.6 cm³/mol. The lowest BCUT2D eigenvalue weighted by atomic mass is 10.3. The zero-order valence-electron chi connectivity index (χ0n) is 10.0. The number of rotatable bonds is 3. The Balaban J connectivity index is 2.77. The van der Waals surface area contributed by atoms with Gasteiger partial charge in [-0.2, -0.15) is 0 Å². The summed E-state index contributed by atoms with van der Waals surface area (Å²) >= 11 is 0. The fraction of sp³-hybridized carbons (Fsp3) is 0.364. The molecule has 0 spiro atoms. The van der Waals surface area contributed by atoms with Crippen LogP contribution in [0.25, 0.3) is 0 Å². The molecule has 17 heavy (non-hydrogen) atoms. The van der Waals surface area contributed by atoms with E-state index in [1.54, 1.807) is 14.1 Å². The predicted octanol–water partition coefficient (Wildman–Crippen LogP) is -0.0526. The summed E-state index contributed by atoms with van der Waals surface area (Å²) in [5, 5.41) is 9.47. The van der Waals surface area contributed by atoms with Crippen LogP contribution in [0.2, 0.25) is 0 Å². The van der Waals surface area contributed by atoms with Crippen molar-refractivity contribution in [2.45, 2.75) is 0 Å². The number of nitrogens with zero attached hydrogens (tertiary/aromatic N) is 3. The Morgan fingerprint density at radius 3 is 2.53 bits per heavy atom. The highest BCUT2D eigenvalue weighted by molar-refractivity contribution is 5.96. The molecule has 1 heterocycles. The van der Waals surface area contributed by atoms with Crippen LogP contribution >= 0.6 is 0 Å². The molecule has 0 unspecified atom stereocenters. The van der Waals surface area contributed by atoms with Gasteiger partial charge in [0, 0.05) is 27.3 Å². The number of carbonyl (C=O) groups excluding carboxylic acids is 2. The van der Waals surface area contributed by atoms with Gasteiger partial charge in [-0.25, -0.2) is 4.98 Å². The molecular weight excluding hydrogens is 222 g/mol. The zero-order valence-corrected chi connectivity index (χ0v) is 10.0. The van der Waals surface area contributed by atoms with Gasteiger partial charge >= 0.3 is 0 Å². The van der Waals surface area contributed by atoms with Crippen molar-refractivity contribution in [3.63, 3.8) is 0 Å². The molecule has 0 aromatic carbocycles. The van der Waals surface area contributed by atoms with Crippen molar-refractivity contribution >= 4 is 11.8 Å². The summed E-state index contributed by atoms with van der Waals surface area (Å²) in [6, 6.07) is 2.90. The van der Waals surface area contributed by atoms with Crippen molar-refractivity contribution in [2.75, 3.05) is 27.7 Å². The maximum atomic E-state index is 11.9. The van der Waals surface area contributed by atoms with E-state index in [0.717, 1.165) is 0 Å². The summed E-state index contributed by atoms with van der Waals surface area (Å²) in [6.45, 7) is -0.0537. The largest absolute Gasteiger partial charge is 0.505 e. The van der Waals surface area contributed by atoms with Gasteiger partial charge < -0.3 is 14.9 Å². The molecule has 6 nitrogen and oxygen atoms in total. The van der Waals surface area contributed by atoms with Crippen LogP contribution < -0.4 is 0 Å². The van der Waals surface area contributed by atoms with Gasteiger partial charge in [-0.1, -0.05) is 0 Å². The highest BCUT2D eigenvalue weighted by Gasteiger charge is 2.19. The normalized spacial score (nSPS) is 9.82. The molecule has 1 aromatic rings. The Bertz CT molecular complexity index is 432. The van der Waals surface area contributed by atoms with Crippen molar-refractivity contribution in [3.8, 4) is 5.75 Å². The number of hydrogen-bond donors (Lipinski definition) is 1. The second-order valence-corrected chi connectivity index (χ2v) is 3.82. The molecule has 0 bridgehead atoms. The van der Waals surface area contributed by atoms with Crippen LogP contribution in [0.5, 0.6) is 5.75 Å². The molecular formula is C11H15N3O3. The van der Waals surface area contributed by atoms with Crippen LogP contribution in [0.3, 0.4) is 0 Å². The minimum Gasteiger partial charge on any atom is -0.505 e. The average Bonchev–Trinajstić information content (AvgIpc) is 2.28. The van der Waals surface area contributed by atoms with E-state index in [2.05, 4.69) is 4.98 Å². The molecule has 0 aliphatic carbocycles. The SMILES string of the molecule is CN(C)C(=O)CN(C)C(=O)c1ncccc1O. The number of pyridine rings is 1. The fourth-order valence-electron chi connectivity index (χ4n) is 1.16. The molecule has 92 valence electrons. The minimum absolute atomic E-state index is 0.0537. The third-order valence-electron chi connectivity index (χ3n) is 2.21. The highest BCUT2D eigenvalue weighted by atomic mass is 16.3. The fourth-order valence-corrected chi connectivity index (χ4v) is 1.16. The van der Waals surface area contributed by atoms with Gasteiger partial charge in [0.25, 0.3) is 5.91 Å². The van der Waals surface area contributed by atoms with Crippen LogP contribution in [0, 0.1) is 0 Å². The Morgan fingerprint density at radius 1 is 1.35 bits per heavy atom. The van der Waals surface area contributed by atoms with E-state index >= 15 is 0 Å². The maximum Gasteiger partial charge on any atom is 0.276 e. The summed E-state index contributed by atoms with van der Waals surface area (Å²) in [7, 11) is 4.70. The highest BCUT2D eigenvalue weighted by Crippen LogP contribution is 2.14. The van der Waals surface area contributed by atoms with Crippen molar-refractivity contribution in [1.82, 2.24) is 14.8 Å². The van der Waals surface area contributed by atoms with Crippen molar-refractivity contribution in [2.24, 2.45) is 0 Å². The van der Waals surface area contributed by atoms with E-state index in [9.17, 15) is 14.7 Å². The minimum atomic E-state index is -0.488. The van der Waals surface area contributed by atoms with Gasteiger partial charge in [0.1, 0.15) is 5.75 Å². The molecule has 6 heteroatoms. The Kier molecular flexibility index (Phi) is 4.03. The Morgan fingerprint density at radius 2 is 2.00 bits per heavy atom. The summed E-state index contributed by atoms with van der Waals surface area (Å²) in [6.07, 6.45) is 1.41. The van der Waals surface area contributed by atoms with Crippen molar-refractivity contribution < 1.29 is 14.7 Å². The summed E-state index contributed by atoms with van der Waals surface area (Å²) in [5.74, 6) is -0.878. The van der Waals surface area contributed by atoms with Gasteiger partial charge in [-0.05, 0) is 12.1 Å². The third-order valence-corrected chi connectivity index (χ3v) is 2.21. The third kappa shape index (κ3) is 3.17. The maximum absolute atomic E-state index is 11.9. The van der Waals surface area contributed by atoms with Gasteiger partial charge in [0.05, 0.1) is 6.54 Å². The van der Waals surface area contributed by atoms with Gasteiger partial charge in [0.2, 0.25) is 5.91 Å². The van der Waals surface area contributed by atoms with E-state index in [-0.39, 0.29) is 23.9 Å². The molecule has 0 aliphatic heterocycles. The summed E-state index contributed by atoms with van der Waals surface area (Å²) in [5.41, 5.74) is -0.0541. The first-order chi connectivity index (χ1) is 7.93. The van der Waals surface area contributed by atoms with E-state index in [0.29, 0.717) is 0 Å². The molecule has 1 aromatic heterocycles. The first kappa shape index (κ1) is 13.0. The van der Waals surface area contributed by atoms with Gasteiger partial charge in [-0.3, -0.25) is 9.59 Å². The molecule has 0 saturated carbocycles. The number of carbonyl (C=O) groups is 2. The quantitative estimate of drug-likeness (QED) is 0.799. The molecule has 2 amide bonds. The molecule has 0 radical (unpaired) electrons. The first-order valence-electron chi connectivity index (χ1n) is 5.03. The van der Waals surface area contributed by atoms with E-state index < -0.39 is 5.91 Å². The lowest BCUT2D eigenvalue weighted by Gasteiger charge is -2.19. The molecule has 0 aliphatic rings. The number of aromatic nitrogens is 1. The van der Waals surface area contributed by atoms with E-state index in [1.165, 1.54) is 35.2 Å². The van der Waals surface area contributed by atoms with Gasteiger partial charge in [0.15, 0.2) is 5.69 Å². The lowest BCUT2D eigenvalue weighted by molar-refractivity contribution is -0.129. The average molecular weight is 237 g/mol. The topological polar surface area (TPSA) is 73.7 Å². The molecule has 1 rings (SSSR count). The van der Waals surface area contributed by atoms with Crippen LogP contribution in [0.15, 0.2) is 18.3 Å². The van der Waals surface area contributed by atoms with Crippen molar-refractivity contribution in [3.05, 3.63) is 24.0 Å². The summed E-state index contributed by atoms with van der Waals surface area (Å²) in [4.78, 5) is 29.7. The molecule has 1 N–H and O–H groups in total. The monoisotopic (exact) mass is 237 g/mol. The van der Waals surface area contributed by atoms with E-state index in [4.69, 9.17) is 0 Å². The van der Waals surface area contributed by atoms with Crippen LogP contribution in [-0.4, -0.2) is 59.4 Å². The zero-order chi connectivity index (χ0) is 13.0. The Labute approximate surface area is 99.5 Å². The number of hydrogen-bond acceptors (Lipinski definition) is 4. The van der Waals surface area contributed by atoms with Crippen LogP contribution in [0.1, 0.15) is 10.5 Å².